The molecule has 0 aliphatic heterocycles. The van der Waals surface area contributed by atoms with Crippen LogP contribution < -0.4 is 20.9 Å². The zero-order valence-electron chi connectivity index (χ0n) is 18.4. The Morgan fingerprint density at radius 3 is 1.78 bits per heavy atom. The minimum Gasteiger partial charge on any atom is -0.494 e. The second-order valence-electron chi connectivity index (χ2n) is 7.29. The average molecular weight is 460 g/mol. The number of allylic oxidation sites excluding steroid dienone is 1. The Labute approximate surface area is 191 Å². The van der Waals surface area contributed by atoms with Gasteiger partial charge in [0.25, 0.3) is 0 Å². The highest BCUT2D eigenvalue weighted by atomic mass is 32.2. The molecule has 7 nitrogen and oxygen atoms in total. The third kappa shape index (κ3) is 8.63. The summed E-state index contributed by atoms with van der Waals surface area (Å²) in [6.45, 7) is 5.38. The first-order valence-electron chi connectivity index (χ1n) is 10.8. The monoisotopic (exact) mass is 459 g/mol. The summed E-state index contributed by atoms with van der Waals surface area (Å²) in [6.07, 6.45) is 7.67. The fraction of sp³-hybridized carbons (Fsp3) is 0.375. The first-order chi connectivity index (χ1) is 15.4. The van der Waals surface area contributed by atoms with Gasteiger partial charge in [0.2, 0.25) is 9.84 Å². The Balaban J connectivity index is 1.84. The van der Waals surface area contributed by atoms with Crippen LogP contribution in [0, 0.1) is 0 Å². The predicted octanol–water partition coefficient (Wildman–Crippen LogP) is 4.08. The number of nitrogens with two attached hydrogens (primary N) is 2. The van der Waals surface area contributed by atoms with Gasteiger partial charge in [-0.15, -0.1) is 6.58 Å². The van der Waals surface area contributed by atoms with Gasteiger partial charge >= 0.3 is 0 Å². The lowest BCUT2D eigenvalue weighted by atomic mass is 10.2. The molecule has 174 valence electrons. The molecular weight excluding hydrogens is 426 g/mol. The number of nitrogens with zero attached hydrogens (tertiary/aromatic N) is 1. The van der Waals surface area contributed by atoms with Crippen LogP contribution in [0.3, 0.4) is 0 Å². The first-order valence-corrected chi connectivity index (χ1v) is 12.3. The van der Waals surface area contributed by atoms with E-state index in [1.807, 2.05) is 6.08 Å². The minimum absolute atomic E-state index is 0.0831. The second kappa shape index (κ2) is 13.4. The fourth-order valence-electron chi connectivity index (χ4n) is 2.94. The van der Waals surface area contributed by atoms with Crippen molar-refractivity contribution < 1.29 is 17.9 Å². The number of hydrogen-bond donors (Lipinski definition) is 2. The van der Waals surface area contributed by atoms with Crippen molar-refractivity contribution in [1.29, 1.82) is 0 Å². The van der Waals surface area contributed by atoms with E-state index >= 15 is 0 Å². The van der Waals surface area contributed by atoms with Crippen molar-refractivity contribution in [3.63, 3.8) is 0 Å². The molecule has 0 saturated heterocycles. The van der Waals surface area contributed by atoms with Crippen molar-refractivity contribution in [2.75, 3.05) is 19.8 Å². The van der Waals surface area contributed by atoms with Gasteiger partial charge in [0.05, 0.1) is 23.0 Å². The van der Waals surface area contributed by atoms with Gasteiger partial charge in [-0.05, 0) is 87.1 Å². The smallest absolute Gasteiger partial charge is 0.206 e. The van der Waals surface area contributed by atoms with E-state index in [1.54, 1.807) is 48.5 Å². The molecule has 0 aromatic heterocycles. The topological polar surface area (TPSA) is 117 Å². The van der Waals surface area contributed by atoms with Crippen molar-refractivity contribution in [1.82, 2.24) is 0 Å². The molecule has 0 saturated carbocycles. The summed E-state index contributed by atoms with van der Waals surface area (Å²) in [5.41, 5.74) is 10.5. The van der Waals surface area contributed by atoms with Crippen LogP contribution in [0.2, 0.25) is 0 Å². The van der Waals surface area contributed by atoms with Crippen LogP contribution in [0.5, 0.6) is 11.5 Å². The molecule has 0 atom stereocenters. The van der Waals surface area contributed by atoms with Crippen molar-refractivity contribution >= 4 is 15.8 Å². The molecule has 0 amide bonds. The Morgan fingerprint density at radius 1 is 0.812 bits per heavy atom. The van der Waals surface area contributed by atoms with E-state index in [9.17, 15) is 8.42 Å². The Hall–Kier alpha value is -3.00. The second-order valence-corrected chi connectivity index (χ2v) is 9.24. The van der Waals surface area contributed by atoms with Crippen molar-refractivity contribution in [3.8, 4) is 11.5 Å². The van der Waals surface area contributed by atoms with Crippen molar-refractivity contribution in [3.05, 3.63) is 61.2 Å². The molecule has 2 aromatic carbocycles. The highest BCUT2D eigenvalue weighted by Crippen LogP contribution is 2.25. The van der Waals surface area contributed by atoms with Crippen molar-refractivity contribution in [2.45, 2.75) is 48.3 Å². The number of sulfone groups is 1. The third-order valence-electron chi connectivity index (χ3n) is 4.70. The van der Waals surface area contributed by atoms with E-state index in [-0.39, 0.29) is 15.8 Å². The van der Waals surface area contributed by atoms with Gasteiger partial charge < -0.3 is 20.9 Å². The van der Waals surface area contributed by atoms with Crippen LogP contribution in [0.15, 0.2) is 76.0 Å². The maximum atomic E-state index is 12.9. The summed E-state index contributed by atoms with van der Waals surface area (Å²) in [4.78, 5) is 4.35. The molecule has 4 N–H and O–H groups in total. The summed E-state index contributed by atoms with van der Waals surface area (Å²) in [5.74, 6) is 1.36. The number of unbranched alkanes of at least 4 members (excludes halogenated alkanes) is 4. The highest BCUT2D eigenvalue weighted by molar-refractivity contribution is 7.91. The largest absolute Gasteiger partial charge is 0.494 e. The number of guanidine groups is 1. The van der Waals surface area contributed by atoms with Crippen LogP contribution in [-0.2, 0) is 9.84 Å². The van der Waals surface area contributed by atoms with Crippen LogP contribution >= 0.6 is 0 Å². The van der Waals surface area contributed by atoms with Gasteiger partial charge in [0.1, 0.15) is 11.5 Å². The SMILES string of the molecule is C=CCCCCCOc1ccc(S(=O)(=O)c2ccc(OCCCCN=C(N)N)cc2)cc1. The highest BCUT2D eigenvalue weighted by Gasteiger charge is 2.17. The Morgan fingerprint density at radius 2 is 1.31 bits per heavy atom. The van der Waals surface area contributed by atoms with Crippen LogP contribution in [-0.4, -0.2) is 34.1 Å². The predicted molar refractivity (Wildman–Crippen MR) is 128 cm³/mol. The number of hydrogen-bond acceptors (Lipinski definition) is 5. The number of ether oxygens (including phenoxy) is 2. The molecule has 0 aliphatic rings. The quantitative estimate of drug-likeness (QED) is 0.179. The van der Waals surface area contributed by atoms with Crippen LogP contribution in [0.1, 0.15) is 38.5 Å². The molecule has 0 spiro atoms. The molecule has 0 heterocycles. The van der Waals surface area contributed by atoms with E-state index in [0.29, 0.717) is 31.3 Å². The van der Waals surface area contributed by atoms with Gasteiger partial charge in [-0.3, -0.25) is 4.99 Å². The molecule has 32 heavy (non-hydrogen) atoms. The fourth-order valence-corrected chi connectivity index (χ4v) is 4.20. The number of rotatable bonds is 15. The van der Waals surface area contributed by atoms with E-state index in [4.69, 9.17) is 20.9 Å². The summed E-state index contributed by atoms with van der Waals surface area (Å²) in [5, 5.41) is 0. The summed E-state index contributed by atoms with van der Waals surface area (Å²) < 4.78 is 37.1. The molecule has 8 heteroatoms. The summed E-state index contributed by atoms with van der Waals surface area (Å²) in [6, 6.07) is 13.0. The van der Waals surface area contributed by atoms with Gasteiger partial charge in [0, 0.05) is 6.54 Å². The molecule has 0 aliphatic carbocycles. The Kier molecular flexibility index (Phi) is 10.6. The molecule has 0 bridgehead atoms. The summed E-state index contributed by atoms with van der Waals surface area (Å²) in [7, 11) is -3.61. The Bertz CT molecular complexity index is 952. The van der Waals surface area contributed by atoms with E-state index in [0.717, 1.165) is 38.5 Å². The molecule has 0 fully saturated rings. The van der Waals surface area contributed by atoms with E-state index in [1.165, 1.54) is 0 Å². The molecule has 0 unspecified atom stereocenters. The van der Waals surface area contributed by atoms with Crippen LogP contribution in [0.4, 0.5) is 0 Å². The van der Waals surface area contributed by atoms with E-state index < -0.39 is 9.84 Å². The lowest BCUT2D eigenvalue weighted by Crippen LogP contribution is -2.23. The van der Waals surface area contributed by atoms with Gasteiger partial charge in [-0.2, -0.15) is 0 Å². The van der Waals surface area contributed by atoms with E-state index in [2.05, 4.69) is 11.6 Å². The van der Waals surface area contributed by atoms with Crippen LogP contribution in [0.25, 0.3) is 0 Å². The standard InChI is InChI=1S/C24H33N3O4S/c1-2-3-4-5-7-18-30-20-9-13-22(14-10-20)32(28,29)23-15-11-21(12-16-23)31-19-8-6-17-27-24(25)26/h2,9-16H,1,3-8,17-19H2,(H4,25,26,27). The first kappa shape index (κ1) is 25.3. The summed E-state index contributed by atoms with van der Waals surface area (Å²) >= 11 is 0. The zero-order valence-corrected chi connectivity index (χ0v) is 19.2. The lowest BCUT2D eigenvalue weighted by Gasteiger charge is -2.09. The third-order valence-corrected chi connectivity index (χ3v) is 6.49. The zero-order chi connectivity index (χ0) is 23.2. The normalized spacial score (nSPS) is 11.0. The van der Waals surface area contributed by atoms with Gasteiger partial charge in [-0.1, -0.05) is 6.08 Å². The molecular formula is C24H33N3O4S. The van der Waals surface area contributed by atoms with Crippen molar-refractivity contribution in [2.24, 2.45) is 16.5 Å². The molecule has 2 aromatic rings. The van der Waals surface area contributed by atoms with Gasteiger partial charge in [0.15, 0.2) is 5.96 Å². The lowest BCUT2D eigenvalue weighted by molar-refractivity contribution is 0.305. The molecule has 0 radical (unpaired) electrons. The minimum atomic E-state index is -3.61. The average Bonchev–Trinajstić information content (AvgIpc) is 2.79. The maximum Gasteiger partial charge on any atom is 0.206 e. The van der Waals surface area contributed by atoms with Gasteiger partial charge in [-0.25, -0.2) is 8.42 Å². The maximum absolute atomic E-state index is 12.9. The number of aliphatic imine (C=N–C) groups is 1. The number of benzene rings is 2. The molecule has 2 rings (SSSR count).